The largest absolute Gasteiger partial charge is 0.0893 e. The molecule has 1 aromatic rings. The van der Waals surface area contributed by atoms with Crippen LogP contribution in [0.5, 0.6) is 0 Å². The quantitative estimate of drug-likeness (QED) is 0.361. The predicted octanol–water partition coefficient (Wildman–Crippen LogP) is 5.87. The summed E-state index contributed by atoms with van der Waals surface area (Å²) < 4.78 is 0. The van der Waals surface area contributed by atoms with Crippen LogP contribution >= 0.6 is 0 Å². The van der Waals surface area contributed by atoms with Crippen molar-refractivity contribution in [3.05, 3.63) is 44.8 Å². The first-order valence-electron chi connectivity index (χ1n) is 7.05. The Labute approximate surface area is 116 Å². The van der Waals surface area contributed by atoms with E-state index in [0.29, 0.717) is 24.3 Å². The zero-order valence-electron chi connectivity index (χ0n) is 12.9. The monoisotopic (exact) mass is 259 g/mol. The van der Waals surface area contributed by atoms with Gasteiger partial charge in [0.15, 0.2) is 0 Å². The molecule has 3 nitrogen and oxygen atoms in total. The van der Waals surface area contributed by atoms with Crippen molar-refractivity contribution in [3.8, 4) is 0 Å². The molecule has 104 valence electrons. The van der Waals surface area contributed by atoms with Crippen molar-refractivity contribution >= 4 is 0 Å². The van der Waals surface area contributed by atoms with E-state index >= 15 is 0 Å². The summed E-state index contributed by atoms with van der Waals surface area (Å²) in [5.41, 5.74) is 13.8. The molecular weight excluding hydrogens is 234 g/mol. The average molecular weight is 259 g/mol. The lowest BCUT2D eigenvalue weighted by Gasteiger charge is -2.22. The topological polar surface area (TPSA) is 48.8 Å². The predicted molar refractivity (Wildman–Crippen MR) is 81.6 cm³/mol. The summed E-state index contributed by atoms with van der Waals surface area (Å²) in [6.07, 6.45) is 0. The van der Waals surface area contributed by atoms with Crippen molar-refractivity contribution in [2.45, 2.75) is 65.8 Å². The van der Waals surface area contributed by atoms with Gasteiger partial charge in [0.2, 0.25) is 0 Å². The average Bonchev–Trinajstić information content (AvgIpc) is 2.34. The highest BCUT2D eigenvalue weighted by Crippen LogP contribution is 2.32. The second kappa shape index (κ2) is 6.63. The summed E-state index contributed by atoms with van der Waals surface area (Å²) in [6, 6.07) is 4.56. The second-order valence-electron chi connectivity index (χ2n) is 6.03. The Morgan fingerprint density at radius 2 is 1.42 bits per heavy atom. The van der Waals surface area contributed by atoms with E-state index in [4.69, 9.17) is 5.53 Å². The van der Waals surface area contributed by atoms with Crippen LogP contribution in [0, 0.1) is 0 Å². The Kier molecular flexibility index (Phi) is 5.44. The number of rotatable bonds is 5. The molecule has 0 saturated heterocycles. The van der Waals surface area contributed by atoms with Crippen LogP contribution in [0.3, 0.4) is 0 Å². The molecule has 0 amide bonds. The van der Waals surface area contributed by atoms with Gasteiger partial charge >= 0.3 is 0 Å². The number of azide groups is 1. The maximum Gasteiger partial charge on any atom is 0.0516 e. The molecule has 0 unspecified atom stereocenters. The molecular formula is C16H25N3. The first kappa shape index (κ1) is 15.6. The van der Waals surface area contributed by atoms with Crippen molar-refractivity contribution in [1.82, 2.24) is 0 Å². The Balaban J connectivity index is 3.50. The van der Waals surface area contributed by atoms with Crippen LogP contribution in [0.4, 0.5) is 0 Å². The summed E-state index contributed by atoms with van der Waals surface area (Å²) in [5, 5.41) is 3.78. The SMILES string of the molecule is CC(C)c1cc(C(C)C)c(CN=[N+]=[N-])c(C(C)C)c1. The van der Waals surface area contributed by atoms with Gasteiger partial charge in [0, 0.05) is 4.91 Å². The minimum absolute atomic E-state index is 0.445. The third kappa shape index (κ3) is 3.74. The van der Waals surface area contributed by atoms with Gasteiger partial charge in [-0.1, -0.05) is 58.8 Å². The van der Waals surface area contributed by atoms with Gasteiger partial charge in [-0.05, 0) is 45.5 Å². The van der Waals surface area contributed by atoms with Gasteiger partial charge in [-0.3, -0.25) is 0 Å². The van der Waals surface area contributed by atoms with E-state index in [2.05, 4.69) is 63.7 Å². The van der Waals surface area contributed by atoms with Crippen LogP contribution in [0.15, 0.2) is 17.2 Å². The number of benzene rings is 1. The molecule has 1 rings (SSSR count). The van der Waals surface area contributed by atoms with Gasteiger partial charge in [0.1, 0.15) is 0 Å². The number of hydrogen-bond acceptors (Lipinski definition) is 1. The number of hydrogen-bond donors (Lipinski definition) is 0. The Morgan fingerprint density at radius 1 is 0.947 bits per heavy atom. The highest BCUT2D eigenvalue weighted by atomic mass is 15.1. The Hall–Kier alpha value is -1.47. The summed E-state index contributed by atoms with van der Waals surface area (Å²) in [6.45, 7) is 13.7. The minimum atomic E-state index is 0.445. The van der Waals surface area contributed by atoms with Crippen molar-refractivity contribution in [1.29, 1.82) is 0 Å². The van der Waals surface area contributed by atoms with Crippen LogP contribution < -0.4 is 0 Å². The Morgan fingerprint density at radius 3 is 1.74 bits per heavy atom. The molecule has 0 saturated carbocycles. The van der Waals surface area contributed by atoms with Crippen LogP contribution in [-0.2, 0) is 6.54 Å². The van der Waals surface area contributed by atoms with Crippen LogP contribution in [0.1, 0.15) is 81.5 Å². The van der Waals surface area contributed by atoms with Crippen molar-refractivity contribution in [2.75, 3.05) is 0 Å². The smallest absolute Gasteiger partial charge is 0.0516 e. The van der Waals surface area contributed by atoms with Crippen LogP contribution in [0.2, 0.25) is 0 Å². The molecule has 0 fully saturated rings. The lowest BCUT2D eigenvalue weighted by Crippen LogP contribution is -2.05. The van der Waals surface area contributed by atoms with E-state index in [1.165, 1.54) is 22.3 Å². The molecule has 0 radical (unpaired) electrons. The molecule has 0 heterocycles. The number of nitrogens with zero attached hydrogens (tertiary/aromatic N) is 3. The van der Waals surface area contributed by atoms with Gasteiger partial charge in [0.25, 0.3) is 0 Å². The van der Waals surface area contributed by atoms with E-state index in [9.17, 15) is 0 Å². The van der Waals surface area contributed by atoms with Gasteiger partial charge in [-0.2, -0.15) is 0 Å². The third-order valence-corrected chi connectivity index (χ3v) is 3.54. The molecule has 0 bridgehead atoms. The maximum atomic E-state index is 8.59. The molecule has 0 aliphatic rings. The zero-order chi connectivity index (χ0) is 14.6. The van der Waals surface area contributed by atoms with E-state index in [-0.39, 0.29) is 0 Å². The summed E-state index contributed by atoms with van der Waals surface area (Å²) >= 11 is 0. The fourth-order valence-electron chi connectivity index (χ4n) is 2.39. The molecule has 0 aliphatic carbocycles. The van der Waals surface area contributed by atoms with Gasteiger partial charge < -0.3 is 0 Å². The molecule has 0 N–H and O–H groups in total. The van der Waals surface area contributed by atoms with Crippen molar-refractivity contribution < 1.29 is 0 Å². The van der Waals surface area contributed by atoms with E-state index in [1.54, 1.807) is 0 Å². The summed E-state index contributed by atoms with van der Waals surface area (Å²) in [7, 11) is 0. The zero-order valence-corrected chi connectivity index (χ0v) is 12.9. The van der Waals surface area contributed by atoms with Crippen LogP contribution in [0.25, 0.3) is 10.4 Å². The molecule has 3 heteroatoms. The summed E-state index contributed by atoms with van der Waals surface area (Å²) in [5.74, 6) is 1.41. The first-order chi connectivity index (χ1) is 8.88. The molecule has 1 aromatic carbocycles. The minimum Gasteiger partial charge on any atom is -0.0893 e. The molecule has 0 spiro atoms. The molecule has 0 aliphatic heterocycles. The Bertz CT molecular complexity index is 452. The lowest BCUT2D eigenvalue weighted by atomic mass is 9.84. The van der Waals surface area contributed by atoms with E-state index in [1.807, 2.05) is 0 Å². The fraction of sp³-hybridized carbons (Fsp3) is 0.625. The standard InChI is InChI=1S/C16H25N3/c1-10(2)13-7-14(11(3)4)16(9-18-19-17)15(8-13)12(5)6/h7-8,10-12H,9H2,1-6H3. The third-order valence-electron chi connectivity index (χ3n) is 3.54. The molecule has 0 atom stereocenters. The maximum absolute atomic E-state index is 8.59. The van der Waals surface area contributed by atoms with Gasteiger partial charge in [-0.25, -0.2) is 0 Å². The highest BCUT2D eigenvalue weighted by molar-refractivity contribution is 5.43. The van der Waals surface area contributed by atoms with Gasteiger partial charge in [-0.15, -0.1) is 0 Å². The molecule has 0 aromatic heterocycles. The van der Waals surface area contributed by atoms with E-state index < -0.39 is 0 Å². The molecule has 19 heavy (non-hydrogen) atoms. The second-order valence-corrected chi connectivity index (χ2v) is 6.03. The van der Waals surface area contributed by atoms with Crippen molar-refractivity contribution in [2.24, 2.45) is 5.11 Å². The fourth-order valence-corrected chi connectivity index (χ4v) is 2.39. The van der Waals surface area contributed by atoms with E-state index in [0.717, 1.165) is 0 Å². The van der Waals surface area contributed by atoms with Crippen molar-refractivity contribution in [3.63, 3.8) is 0 Å². The van der Waals surface area contributed by atoms with Crippen LogP contribution in [-0.4, -0.2) is 0 Å². The first-order valence-corrected chi connectivity index (χ1v) is 7.05. The highest BCUT2D eigenvalue weighted by Gasteiger charge is 2.16. The lowest BCUT2D eigenvalue weighted by molar-refractivity contribution is 0.773. The summed E-state index contributed by atoms with van der Waals surface area (Å²) in [4.78, 5) is 2.91. The van der Waals surface area contributed by atoms with Gasteiger partial charge in [0.05, 0.1) is 6.54 Å². The normalized spacial score (nSPS) is 11.2.